The summed E-state index contributed by atoms with van der Waals surface area (Å²) in [5, 5.41) is 3.38. The minimum atomic E-state index is 0.413. The van der Waals surface area contributed by atoms with Crippen LogP contribution in [-0.4, -0.2) is 49.9 Å². The van der Waals surface area contributed by atoms with Gasteiger partial charge in [-0.3, -0.25) is 0 Å². The zero-order valence-electron chi connectivity index (χ0n) is 11.1. The van der Waals surface area contributed by atoms with Gasteiger partial charge in [-0.25, -0.2) is 0 Å². The van der Waals surface area contributed by atoms with Gasteiger partial charge in [0.05, 0.1) is 20.3 Å². The number of aromatic nitrogens is 2. The van der Waals surface area contributed by atoms with E-state index in [4.69, 9.17) is 9.47 Å². The molecule has 18 heavy (non-hydrogen) atoms. The molecule has 100 valence electrons. The van der Waals surface area contributed by atoms with Crippen LogP contribution in [0.5, 0.6) is 11.8 Å². The van der Waals surface area contributed by atoms with Crippen LogP contribution in [-0.2, 0) is 0 Å². The van der Waals surface area contributed by atoms with Crippen LogP contribution in [0.15, 0.2) is 6.07 Å². The van der Waals surface area contributed by atoms with Crippen molar-refractivity contribution in [2.24, 2.45) is 0 Å². The smallest absolute Gasteiger partial charge is 0.232 e. The number of ether oxygens (including phenoxy) is 2. The molecule has 2 rings (SSSR count). The first-order valence-electron chi connectivity index (χ1n) is 6.23. The second-order valence-electron chi connectivity index (χ2n) is 4.21. The molecule has 0 aromatic carbocycles. The molecule has 1 aromatic rings. The van der Waals surface area contributed by atoms with Crippen LogP contribution in [0.2, 0.25) is 0 Å². The molecule has 1 aromatic heterocycles. The first kappa shape index (κ1) is 12.9. The lowest BCUT2D eigenvalue weighted by molar-refractivity contribution is 0.368. The Kier molecular flexibility index (Phi) is 4.19. The van der Waals surface area contributed by atoms with Crippen molar-refractivity contribution in [1.29, 1.82) is 0 Å². The Balaban J connectivity index is 2.29. The summed E-state index contributed by atoms with van der Waals surface area (Å²) in [6.07, 6.45) is 1.05. The van der Waals surface area contributed by atoms with Crippen molar-refractivity contribution in [3.8, 4) is 11.8 Å². The lowest BCUT2D eigenvalue weighted by Crippen LogP contribution is -2.51. The van der Waals surface area contributed by atoms with Gasteiger partial charge in [-0.05, 0) is 6.42 Å². The van der Waals surface area contributed by atoms with Gasteiger partial charge >= 0.3 is 0 Å². The molecule has 1 fully saturated rings. The van der Waals surface area contributed by atoms with Crippen molar-refractivity contribution >= 4 is 5.95 Å². The highest BCUT2D eigenvalue weighted by atomic mass is 16.5. The molecule has 1 N–H and O–H groups in total. The molecule has 0 spiro atoms. The molecule has 6 heteroatoms. The fraction of sp³-hybridized carbons (Fsp3) is 0.667. The molecule has 1 aliphatic rings. The molecule has 1 aliphatic heterocycles. The standard InChI is InChI=1S/C12H20N4O2/c1-4-9-8-13-5-6-16(9)12-14-10(17-2)7-11(15-12)18-3/h7,9,13H,4-6,8H2,1-3H3. The van der Waals surface area contributed by atoms with Gasteiger partial charge in [0.1, 0.15) is 0 Å². The summed E-state index contributed by atoms with van der Waals surface area (Å²) in [7, 11) is 3.20. The highest BCUT2D eigenvalue weighted by Crippen LogP contribution is 2.22. The zero-order valence-corrected chi connectivity index (χ0v) is 11.1. The maximum atomic E-state index is 5.18. The number of nitrogens with one attached hydrogen (secondary N) is 1. The molecular formula is C12H20N4O2. The molecule has 2 heterocycles. The van der Waals surface area contributed by atoms with Gasteiger partial charge in [0.15, 0.2) is 0 Å². The Morgan fingerprint density at radius 2 is 2.00 bits per heavy atom. The Morgan fingerprint density at radius 3 is 2.56 bits per heavy atom. The van der Waals surface area contributed by atoms with Crippen molar-refractivity contribution in [2.45, 2.75) is 19.4 Å². The van der Waals surface area contributed by atoms with Crippen LogP contribution >= 0.6 is 0 Å². The Labute approximate surface area is 107 Å². The first-order valence-corrected chi connectivity index (χ1v) is 6.23. The van der Waals surface area contributed by atoms with Gasteiger partial charge in [-0.1, -0.05) is 6.92 Å². The van der Waals surface area contributed by atoms with Crippen molar-refractivity contribution in [3.05, 3.63) is 6.07 Å². The fourth-order valence-electron chi connectivity index (χ4n) is 2.12. The number of methoxy groups -OCH3 is 2. The van der Waals surface area contributed by atoms with Gasteiger partial charge in [0, 0.05) is 25.7 Å². The number of hydrogen-bond donors (Lipinski definition) is 1. The van der Waals surface area contributed by atoms with E-state index in [0.717, 1.165) is 26.1 Å². The van der Waals surface area contributed by atoms with E-state index in [1.807, 2.05) is 0 Å². The van der Waals surface area contributed by atoms with Crippen molar-refractivity contribution in [3.63, 3.8) is 0 Å². The topological polar surface area (TPSA) is 59.5 Å². The van der Waals surface area contributed by atoms with E-state index in [-0.39, 0.29) is 0 Å². The summed E-state index contributed by atoms with van der Waals surface area (Å²) in [5.74, 6) is 1.75. The summed E-state index contributed by atoms with van der Waals surface area (Å²) in [5.41, 5.74) is 0. The summed E-state index contributed by atoms with van der Waals surface area (Å²) in [4.78, 5) is 11.0. The summed E-state index contributed by atoms with van der Waals surface area (Å²) in [6, 6.07) is 2.10. The molecule has 0 saturated carbocycles. The Bertz CT molecular complexity index is 377. The van der Waals surface area contributed by atoms with Gasteiger partial charge in [0.2, 0.25) is 17.7 Å². The summed E-state index contributed by atoms with van der Waals surface area (Å²) in [6.45, 7) is 4.97. The number of piperazine rings is 1. The monoisotopic (exact) mass is 252 g/mol. The van der Waals surface area contributed by atoms with Crippen LogP contribution in [0.25, 0.3) is 0 Å². The molecule has 1 saturated heterocycles. The molecule has 0 bridgehead atoms. The normalized spacial score (nSPS) is 19.7. The lowest BCUT2D eigenvalue weighted by atomic mass is 10.1. The van der Waals surface area contributed by atoms with Gasteiger partial charge in [0.25, 0.3) is 0 Å². The average molecular weight is 252 g/mol. The predicted octanol–water partition coefficient (Wildman–Crippen LogP) is 0.682. The lowest BCUT2D eigenvalue weighted by Gasteiger charge is -2.35. The van der Waals surface area contributed by atoms with E-state index in [0.29, 0.717) is 23.8 Å². The fourth-order valence-corrected chi connectivity index (χ4v) is 2.12. The molecule has 1 atom stereocenters. The highest BCUT2D eigenvalue weighted by Gasteiger charge is 2.23. The minimum absolute atomic E-state index is 0.413. The maximum absolute atomic E-state index is 5.18. The number of rotatable bonds is 4. The van der Waals surface area contributed by atoms with Gasteiger partial charge in [-0.15, -0.1) is 0 Å². The summed E-state index contributed by atoms with van der Waals surface area (Å²) < 4.78 is 10.4. The predicted molar refractivity (Wildman–Crippen MR) is 69.4 cm³/mol. The van der Waals surface area contributed by atoms with Gasteiger partial charge < -0.3 is 19.7 Å². The third-order valence-electron chi connectivity index (χ3n) is 3.16. The first-order chi connectivity index (χ1) is 8.78. The molecule has 0 amide bonds. The van der Waals surface area contributed by atoms with Crippen LogP contribution < -0.4 is 19.7 Å². The van der Waals surface area contributed by atoms with E-state index in [1.165, 1.54) is 0 Å². The minimum Gasteiger partial charge on any atom is -0.481 e. The van der Waals surface area contributed by atoms with Crippen molar-refractivity contribution < 1.29 is 9.47 Å². The molecular weight excluding hydrogens is 232 g/mol. The van der Waals surface area contributed by atoms with E-state index in [9.17, 15) is 0 Å². The maximum Gasteiger partial charge on any atom is 0.232 e. The average Bonchev–Trinajstić information content (AvgIpc) is 2.46. The van der Waals surface area contributed by atoms with Crippen molar-refractivity contribution in [2.75, 3.05) is 38.8 Å². The number of anilines is 1. The second kappa shape index (κ2) is 5.86. The third-order valence-corrected chi connectivity index (χ3v) is 3.16. The Hall–Kier alpha value is -1.56. The highest BCUT2D eigenvalue weighted by molar-refractivity contribution is 5.38. The molecule has 0 radical (unpaired) electrons. The SMILES string of the molecule is CCC1CNCCN1c1nc(OC)cc(OC)n1. The van der Waals surface area contributed by atoms with Gasteiger partial charge in [-0.2, -0.15) is 9.97 Å². The molecule has 0 aliphatic carbocycles. The Morgan fingerprint density at radius 1 is 1.33 bits per heavy atom. The van der Waals surface area contributed by atoms with Crippen molar-refractivity contribution in [1.82, 2.24) is 15.3 Å². The van der Waals surface area contributed by atoms with Crippen LogP contribution in [0.3, 0.4) is 0 Å². The van der Waals surface area contributed by atoms with E-state index in [1.54, 1.807) is 20.3 Å². The van der Waals surface area contributed by atoms with E-state index < -0.39 is 0 Å². The van der Waals surface area contributed by atoms with Crippen LogP contribution in [0, 0.1) is 0 Å². The number of hydrogen-bond acceptors (Lipinski definition) is 6. The second-order valence-corrected chi connectivity index (χ2v) is 4.21. The van der Waals surface area contributed by atoms with Crippen LogP contribution in [0.4, 0.5) is 5.95 Å². The molecule has 6 nitrogen and oxygen atoms in total. The molecule has 1 unspecified atom stereocenters. The van der Waals surface area contributed by atoms with Crippen LogP contribution in [0.1, 0.15) is 13.3 Å². The largest absolute Gasteiger partial charge is 0.481 e. The summed E-state index contributed by atoms with van der Waals surface area (Å²) >= 11 is 0. The van der Waals surface area contributed by atoms with E-state index in [2.05, 4.69) is 27.1 Å². The third kappa shape index (κ3) is 2.64. The quantitative estimate of drug-likeness (QED) is 0.850. The number of nitrogens with zero attached hydrogens (tertiary/aromatic N) is 3. The van der Waals surface area contributed by atoms with E-state index >= 15 is 0 Å². The zero-order chi connectivity index (χ0) is 13.0.